The van der Waals surface area contributed by atoms with Gasteiger partial charge in [-0.3, -0.25) is 0 Å². The third kappa shape index (κ3) is 2.84. The Morgan fingerprint density at radius 3 is 2.82 bits per heavy atom. The van der Waals surface area contributed by atoms with E-state index in [1.54, 1.807) is 0 Å². The van der Waals surface area contributed by atoms with Gasteiger partial charge in [0.05, 0.1) is 0 Å². The zero-order chi connectivity index (χ0) is 12.1. The first-order valence-corrected chi connectivity index (χ1v) is 5.98. The third-order valence-corrected chi connectivity index (χ3v) is 2.66. The molecule has 0 bridgehead atoms. The highest BCUT2D eigenvalue weighted by molar-refractivity contribution is 5.70. The highest BCUT2D eigenvalue weighted by atomic mass is 16.5. The Morgan fingerprint density at radius 1 is 1.24 bits per heavy atom. The molecule has 0 saturated heterocycles. The lowest BCUT2D eigenvalue weighted by Crippen LogP contribution is -1.91. The molecule has 2 N–H and O–H groups in total. The molecule has 0 aliphatic carbocycles. The van der Waals surface area contributed by atoms with Crippen LogP contribution < -0.4 is 5.73 Å². The van der Waals surface area contributed by atoms with Gasteiger partial charge in [-0.05, 0) is 18.6 Å². The molecule has 0 aliphatic heterocycles. The molecule has 0 spiro atoms. The van der Waals surface area contributed by atoms with Crippen LogP contribution in [0.2, 0.25) is 0 Å². The highest BCUT2D eigenvalue weighted by Crippen LogP contribution is 2.22. The fraction of sp³-hybridized carbons (Fsp3) is 0.385. The van der Waals surface area contributed by atoms with E-state index in [4.69, 9.17) is 10.3 Å². The number of benzene rings is 1. The number of unbranched alkanes of at least 4 members (excludes halogenated alkanes) is 2. The van der Waals surface area contributed by atoms with Gasteiger partial charge in [-0.1, -0.05) is 37.1 Å². The topological polar surface area (TPSA) is 64.9 Å². The quantitative estimate of drug-likeness (QED) is 0.634. The SMILES string of the molecule is CCCCCc1nc(-c2ccccc2N)no1. The smallest absolute Gasteiger partial charge is 0.226 e. The Kier molecular flexibility index (Phi) is 3.75. The molecular formula is C13H17N3O. The molecule has 0 atom stereocenters. The van der Waals surface area contributed by atoms with Gasteiger partial charge in [0, 0.05) is 17.7 Å². The molecule has 4 heteroatoms. The molecule has 0 saturated carbocycles. The summed E-state index contributed by atoms with van der Waals surface area (Å²) in [5, 5.41) is 3.96. The predicted molar refractivity (Wildman–Crippen MR) is 67.4 cm³/mol. The van der Waals surface area contributed by atoms with Crippen molar-refractivity contribution in [3.63, 3.8) is 0 Å². The van der Waals surface area contributed by atoms with Crippen molar-refractivity contribution in [1.82, 2.24) is 10.1 Å². The molecule has 0 aliphatic rings. The first kappa shape index (κ1) is 11.6. The van der Waals surface area contributed by atoms with Crippen molar-refractivity contribution in [2.45, 2.75) is 32.6 Å². The Labute approximate surface area is 101 Å². The number of para-hydroxylation sites is 1. The fourth-order valence-corrected chi connectivity index (χ4v) is 1.69. The van der Waals surface area contributed by atoms with Crippen LogP contribution in [0.5, 0.6) is 0 Å². The standard InChI is InChI=1S/C13H17N3O/c1-2-3-4-9-12-15-13(16-17-12)10-7-5-6-8-11(10)14/h5-8H,2-4,9,14H2,1H3. The maximum atomic E-state index is 5.86. The van der Waals surface area contributed by atoms with Gasteiger partial charge in [0.1, 0.15) is 0 Å². The van der Waals surface area contributed by atoms with Crippen LogP contribution in [0.15, 0.2) is 28.8 Å². The average Bonchev–Trinajstić information content (AvgIpc) is 2.79. The van der Waals surface area contributed by atoms with E-state index in [0.717, 1.165) is 18.4 Å². The van der Waals surface area contributed by atoms with Crippen molar-refractivity contribution in [2.75, 3.05) is 5.73 Å². The van der Waals surface area contributed by atoms with Gasteiger partial charge >= 0.3 is 0 Å². The second-order valence-corrected chi connectivity index (χ2v) is 4.06. The van der Waals surface area contributed by atoms with Crippen molar-refractivity contribution in [1.29, 1.82) is 0 Å². The van der Waals surface area contributed by atoms with Crippen molar-refractivity contribution >= 4 is 5.69 Å². The van der Waals surface area contributed by atoms with Gasteiger partial charge in [0.2, 0.25) is 11.7 Å². The molecular weight excluding hydrogens is 214 g/mol. The number of aryl methyl sites for hydroxylation is 1. The number of nitrogens with two attached hydrogens (primary N) is 1. The summed E-state index contributed by atoms with van der Waals surface area (Å²) in [5.74, 6) is 1.27. The molecule has 0 radical (unpaired) electrons. The molecule has 0 fully saturated rings. The minimum atomic E-state index is 0.578. The van der Waals surface area contributed by atoms with Crippen LogP contribution in [0.3, 0.4) is 0 Å². The maximum Gasteiger partial charge on any atom is 0.226 e. The summed E-state index contributed by atoms with van der Waals surface area (Å²) < 4.78 is 5.20. The minimum absolute atomic E-state index is 0.578. The number of hydrogen-bond donors (Lipinski definition) is 1. The largest absolute Gasteiger partial charge is 0.398 e. The molecule has 1 aromatic heterocycles. The van der Waals surface area contributed by atoms with Gasteiger partial charge in [-0.25, -0.2) is 0 Å². The lowest BCUT2D eigenvalue weighted by molar-refractivity contribution is 0.374. The molecule has 17 heavy (non-hydrogen) atoms. The molecule has 0 amide bonds. The first-order chi connectivity index (χ1) is 8.31. The molecule has 0 unspecified atom stereocenters. The first-order valence-electron chi connectivity index (χ1n) is 5.98. The minimum Gasteiger partial charge on any atom is -0.398 e. The summed E-state index contributed by atoms with van der Waals surface area (Å²) in [7, 11) is 0. The summed E-state index contributed by atoms with van der Waals surface area (Å²) in [5.41, 5.74) is 7.37. The lowest BCUT2D eigenvalue weighted by Gasteiger charge is -1.98. The Hall–Kier alpha value is -1.84. The number of hydrogen-bond acceptors (Lipinski definition) is 4. The second kappa shape index (κ2) is 5.48. The van der Waals surface area contributed by atoms with Crippen LogP contribution in [-0.4, -0.2) is 10.1 Å². The lowest BCUT2D eigenvalue weighted by atomic mass is 10.2. The van der Waals surface area contributed by atoms with Gasteiger partial charge in [0.25, 0.3) is 0 Å². The average molecular weight is 231 g/mol. The number of rotatable bonds is 5. The molecule has 2 aromatic rings. The zero-order valence-electron chi connectivity index (χ0n) is 10.0. The van der Waals surface area contributed by atoms with Crippen molar-refractivity contribution in [2.24, 2.45) is 0 Å². The van der Waals surface area contributed by atoms with E-state index in [1.807, 2.05) is 24.3 Å². The molecule has 1 heterocycles. The second-order valence-electron chi connectivity index (χ2n) is 4.06. The number of nitrogen functional groups attached to an aromatic ring is 1. The molecule has 1 aromatic carbocycles. The number of aromatic nitrogens is 2. The summed E-state index contributed by atoms with van der Waals surface area (Å²) in [6.45, 7) is 2.17. The number of nitrogens with zero attached hydrogens (tertiary/aromatic N) is 2. The summed E-state index contributed by atoms with van der Waals surface area (Å²) in [6.07, 6.45) is 4.30. The van der Waals surface area contributed by atoms with E-state index in [1.165, 1.54) is 12.8 Å². The Morgan fingerprint density at radius 2 is 2.06 bits per heavy atom. The monoisotopic (exact) mass is 231 g/mol. The van der Waals surface area contributed by atoms with Crippen LogP contribution in [0.4, 0.5) is 5.69 Å². The van der Waals surface area contributed by atoms with Crippen LogP contribution in [0.25, 0.3) is 11.4 Å². The predicted octanol–water partition coefficient (Wildman–Crippen LogP) is 3.05. The highest BCUT2D eigenvalue weighted by Gasteiger charge is 2.10. The summed E-state index contributed by atoms with van der Waals surface area (Å²) >= 11 is 0. The van der Waals surface area contributed by atoms with Gasteiger partial charge in [-0.15, -0.1) is 0 Å². The maximum absolute atomic E-state index is 5.86. The van der Waals surface area contributed by atoms with E-state index < -0.39 is 0 Å². The summed E-state index contributed by atoms with van der Waals surface area (Å²) in [4.78, 5) is 4.36. The van der Waals surface area contributed by atoms with E-state index in [0.29, 0.717) is 17.4 Å². The van der Waals surface area contributed by atoms with Gasteiger partial charge < -0.3 is 10.3 Å². The summed E-state index contributed by atoms with van der Waals surface area (Å²) in [6, 6.07) is 7.54. The van der Waals surface area contributed by atoms with E-state index in [-0.39, 0.29) is 0 Å². The third-order valence-electron chi connectivity index (χ3n) is 2.66. The van der Waals surface area contributed by atoms with E-state index in [9.17, 15) is 0 Å². The van der Waals surface area contributed by atoms with Crippen LogP contribution in [0, 0.1) is 0 Å². The van der Waals surface area contributed by atoms with Crippen LogP contribution >= 0.6 is 0 Å². The zero-order valence-corrected chi connectivity index (χ0v) is 10.0. The Balaban J connectivity index is 2.10. The van der Waals surface area contributed by atoms with Crippen LogP contribution in [0.1, 0.15) is 32.1 Å². The van der Waals surface area contributed by atoms with E-state index in [2.05, 4.69) is 17.1 Å². The number of anilines is 1. The fourth-order valence-electron chi connectivity index (χ4n) is 1.69. The van der Waals surface area contributed by atoms with Crippen LogP contribution in [-0.2, 0) is 6.42 Å². The molecule has 4 nitrogen and oxygen atoms in total. The van der Waals surface area contributed by atoms with Crippen molar-refractivity contribution < 1.29 is 4.52 Å². The van der Waals surface area contributed by atoms with Crippen molar-refractivity contribution in [3.8, 4) is 11.4 Å². The van der Waals surface area contributed by atoms with E-state index >= 15 is 0 Å². The molecule has 2 rings (SSSR count). The molecule has 90 valence electrons. The van der Waals surface area contributed by atoms with Crippen molar-refractivity contribution in [3.05, 3.63) is 30.2 Å². The Bertz CT molecular complexity index is 479. The van der Waals surface area contributed by atoms with Gasteiger partial charge in [0.15, 0.2) is 0 Å². The normalized spacial score (nSPS) is 10.6. The van der Waals surface area contributed by atoms with Gasteiger partial charge in [-0.2, -0.15) is 4.98 Å².